The van der Waals surface area contributed by atoms with E-state index in [1.165, 1.54) is 0 Å². The van der Waals surface area contributed by atoms with Crippen LogP contribution in [0.1, 0.15) is 26.7 Å². The molecule has 0 saturated heterocycles. The fourth-order valence-corrected chi connectivity index (χ4v) is 2.99. The molecule has 28 heavy (non-hydrogen) atoms. The fraction of sp³-hybridized carbons (Fsp3) is 0.333. The first-order valence-corrected chi connectivity index (χ1v) is 9.46. The van der Waals surface area contributed by atoms with Gasteiger partial charge in [-0.15, -0.1) is 0 Å². The third kappa shape index (κ3) is 4.61. The monoisotopic (exact) mass is 383 g/mol. The third-order valence-corrected chi connectivity index (χ3v) is 4.54. The highest BCUT2D eigenvalue weighted by Crippen LogP contribution is 2.28. The van der Waals surface area contributed by atoms with Crippen LogP contribution in [-0.2, 0) is 4.79 Å². The summed E-state index contributed by atoms with van der Waals surface area (Å²) in [5.41, 5.74) is 5.19. The minimum Gasteiger partial charge on any atom is -0.494 e. The maximum Gasteiger partial charge on any atom is 0.243 e. The first kappa shape index (κ1) is 19.7. The van der Waals surface area contributed by atoms with Gasteiger partial charge in [0.05, 0.1) is 6.61 Å². The number of carbonyl (C=O) groups is 1. The van der Waals surface area contributed by atoms with Crippen LogP contribution in [0.5, 0.6) is 5.75 Å². The smallest absolute Gasteiger partial charge is 0.243 e. The number of nitrogens with one attached hydrogen (secondary N) is 1. The lowest BCUT2D eigenvalue weighted by Crippen LogP contribution is -2.21. The summed E-state index contributed by atoms with van der Waals surface area (Å²) in [7, 11) is 0. The zero-order chi connectivity index (χ0) is 19.9. The van der Waals surface area contributed by atoms with Crippen LogP contribution in [0.2, 0.25) is 0 Å². The summed E-state index contributed by atoms with van der Waals surface area (Å²) < 4.78 is 11.6. The molecule has 1 amide bonds. The van der Waals surface area contributed by atoms with E-state index in [0.717, 1.165) is 35.4 Å². The van der Waals surface area contributed by atoms with Crippen LogP contribution in [0.4, 0.5) is 5.69 Å². The van der Waals surface area contributed by atoms with Gasteiger partial charge in [0.25, 0.3) is 0 Å². The van der Waals surface area contributed by atoms with Gasteiger partial charge in [0.15, 0.2) is 5.58 Å². The molecular weight excluding hydrogens is 358 g/mol. The van der Waals surface area contributed by atoms with Crippen molar-refractivity contribution in [2.45, 2.75) is 26.7 Å². The molecule has 3 aromatic rings. The van der Waals surface area contributed by atoms with Gasteiger partial charge < -0.3 is 14.1 Å². The molecule has 0 fully saturated rings. The number of benzene rings is 2. The Morgan fingerprint density at radius 1 is 1.18 bits per heavy atom. The van der Waals surface area contributed by atoms with Gasteiger partial charge in [-0.2, -0.15) is 0 Å². The van der Waals surface area contributed by atoms with E-state index in [0.29, 0.717) is 24.7 Å². The maximum atomic E-state index is 11.0. The number of aromatic nitrogens is 1. The summed E-state index contributed by atoms with van der Waals surface area (Å²) in [6.45, 7) is 6.53. The highest BCUT2D eigenvalue weighted by Gasteiger charge is 2.11. The van der Waals surface area contributed by atoms with Crippen molar-refractivity contribution in [3.05, 3.63) is 42.5 Å². The number of anilines is 1. The molecule has 0 spiro atoms. The van der Waals surface area contributed by atoms with Crippen molar-refractivity contribution in [2.24, 2.45) is 0 Å². The zero-order valence-corrected chi connectivity index (χ0v) is 16.1. The molecule has 0 aliphatic rings. The molecule has 0 unspecified atom stereocenters. The van der Waals surface area contributed by atoms with E-state index in [2.05, 4.69) is 29.8 Å². The average Bonchev–Trinajstić information content (AvgIpc) is 3.16. The van der Waals surface area contributed by atoms with Gasteiger partial charge in [0, 0.05) is 36.8 Å². The van der Waals surface area contributed by atoms with E-state index >= 15 is 0 Å². The normalized spacial score (nSPS) is 10.8. The number of hydrogen-bond acceptors (Lipinski definition) is 6. The minimum atomic E-state index is -0.418. The lowest BCUT2D eigenvalue weighted by Gasteiger charge is -2.20. The Hall–Kier alpha value is -3.06. The van der Waals surface area contributed by atoms with E-state index in [1.807, 2.05) is 36.4 Å². The standard InChI is InChI=1S/C21H25N3O4/c1-3-24(4-2)16-9-12-18-19(14-16)28-21(22-18)15-7-10-17(11-8-15)27-13-5-6-20(25)23-26/h7-12,14,26H,3-6,13H2,1-2H3,(H,23,25). The van der Waals surface area contributed by atoms with Crippen molar-refractivity contribution in [1.29, 1.82) is 0 Å². The molecule has 2 N–H and O–H groups in total. The quantitative estimate of drug-likeness (QED) is 0.330. The van der Waals surface area contributed by atoms with Crippen molar-refractivity contribution in [3.63, 3.8) is 0 Å². The first-order valence-electron chi connectivity index (χ1n) is 9.46. The second-order valence-corrected chi connectivity index (χ2v) is 6.35. The molecule has 1 aromatic heterocycles. The van der Waals surface area contributed by atoms with E-state index in [4.69, 9.17) is 14.4 Å². The predicted molar refractivity (Wildman–Crippen MR) is 108 cm³/mol. The number of ether oxygens (including phenoxy) is 1. The van der Waals surface area contributed by atoms with E-state index in [1.54, 1.807) is 5.48 Å². The number of rotatable bonds is 9. The zero-order valence-electron chi connectivity index (χ0n) is 16.1. The van der Waals surface area contributed by atoms with Gasteiger partial charge in [0.1, 0.15) is 11.3 Å². The summed E-state index contributed by atoms with van der Waals surface area (Å²) in [6, 6.07) is 13.6. The molecule has 2 aromatic carbocycles. The van der Waals surface area contributed by atoms with Gasteiger partial charge in [0.2, 0.25) is 11.8 Å². The molecule has 3 rings (SSSR count). The van der Waals surface area contributed by atoms with Gasteiger partial charge in [-0.05, 0) is 56.7 Å². The Labute approximate surface area is 163 Å². The lowest BCUT2D eigenvalue weighted by atomic mass is 10.2. The molecule has 0 atom stereocenters. The highest BCUT2D eigenvalue weighted by molar-refractivity contribution is 5.80. The molecular formula is C21H25N3O4. The van der Waals surface area contributed by atoms with E-state index < -0.39 is 5.91 Å². The van der Waals surface area contributed by atoms with Crippen LogP contribution in [0.25, 0.3) is 22.6 Å². The van der Waals surface area contributed by atoms with Crippen molar-refractivity contribution in [2.75, 3.05) is 24.6 Å². The number of nitrogens with zero attached hydrogens (tertiary/aromatic N) is 2. The Balaban J connectivity index is 1.67. The molecule has 0 saturated carbocycles. The first-order chi connectivity index (χ1) is 13.6. The highest BCUT2D eigenvalue weighted by atomic mass is 16.5. The van der Waals surface area contributed by atoms with Gasteiger partial charge in [-0.1, -0.05) is 0 Å². The van der Waals surface area contributed by atoms with Crippen LogP contribution in [0.3, 0.4) is 0 Å². The number of oxazole rings is 1. The Morgan fingerprint density at radius 3 is 2.61 bits per heavy atom. The second-order valence-electron chi connectivity index (χ2n) is 6.35. The molecule has 0 aliphatic carbocycles. The number of amides is 1. The van der Waals surface area contributed by atoms with E-state index in [9.17, 15) is 4.79 Å². The number of hydrogen-bond donors (Lipinski definition) is 2. The van der Waals surface area contributed by atoms with Crippen molar-refractivity contribution < 1.29 is 19.2 Å². The van der Waals surface area contributed by atoms with Crippen molar-refractivity contribution in [1.82, 2.24) is 10.5 Å². The number of fused-ring (bicyclic) bond motifs is 1. The Bertz CT molecular complexity index is 917. The van der Waals surface area contributed by atoms with Gasteiger partial charge >= 0.3 is 0 Å². The molecule has 0 aliphatic heterocycles. The van der Waals surface area contributed by atoms with Gasteiger partial charge in [-0.25, -0.2) is 10.5 Å². The second kappa shape index (κ2) is 9.23. The number of hydroxylamine groups is 1. The molecule has 148 valence electrons. The Kier molecular flexibility index (Phi) is 6.49. The van der Waals surface area contributed by atoms with Crippen LogP contribution in [-0.4, -0.2) is 35.8 Å². The Morgan fingerprint density at radius 2 is 1.93 bits per heavy atom. The van der Waals surface area contributed by atoms with Gasteiger partial charge in [-0.3, -0.25) is 10.0 Å². The SMILES string of the molecule is CCN(CC)c1ccc2nc(-c3ccc(OCCCC(=O)NO)cc3)oc2c1. The molecule has 7 heteroatoms. The summed E-state index contributed by atoms with van der Waals surface area (Å²) >= 11 is 0. The van der Waals surface area contributed by atoms with Crippen molar-refractivity contribution in [3.8, 4) is 17.2 Å². The maximum absolute atomic E-state index is 11.0. The predicted octanol–water partition coefficient (Wildman–Crippen LogP) is 4.01. The lowest BCUT2D eigenvalue weighted by molar-refractivity contribution is -0.129. The minimum absolute atomic E-state index is 0.215. The van der Waals surface area contributed by atoms with Crippen LogP contribution in [0, 0.1) is 0 Å². The topological polar surface area (TPSA) is 87.8 Å². The molecule has 0 radical (unpaired) electrons. The molecule has 7 nitrogen and oxygen atoms in total. The summed E-state index contributed by atoms with van der Waals surface area (Å²) in [4.78, 5) is 17.8. The fourth-order valence-electron chi connectivity index (χ4n) is 2.99. The van der Waals surface area contributed by atoms with E-state index in [-0.39, 0.29) is 6.42 Å². The summed E-state index contributed by atoms with van der Waals surface area (Å²) in [5, 5.41) is 8.45. The summed E-state index contributed by atoms with van der Waals surface area (Å²) in [5.74, 6) is 0.852. The molecule has 1 heterocycles. The summed E-state index contributed by atoms with van der Waals surface area (Å²) in [6.07, 6.45) is 0.737. The van der Waals surface area contributed by atoms with Crippen molar-refractivity contribution >= 4 is 22.7 Å². The number of carbonyl (C=O) groups excluding carboxylic acids is 1. The largest absolute Gasteiger partial charge is 0.494 e. The third-order valence-electron chi connectivity index (χ3n) is 4.54. The van der Waals surface area contributed by atoms with Crippen LogP contribution < -0.4 is 15.1 Å². The van der Waals surface area contributed by atoms with Crippen LogP contribution >= 0.6 is 0 Å². The van der Waals surface area contributed by atoms with Crippen LogP contribution in [0.15, 0.2) is 46.9 Å². The molecule has 0 bridgehead atoms. The average molecular weight is 383 g/mol.